The van der Waals surface area contributed by atoms with Crippen LogP contribution in [0.2, 0.25) is 0 Å². The van der Waals surface area contributed by atoms with Crippen LogP contribution in [0.5, 0.6) is 0 Å². The Morgan fingerprint density at radius 1 is 1.00 bits per heavy atom. The zero-order chi connectivity index (χ0) is 20.7. The van der Waals surface area contributed by atoms with Crippen molar-refractivity contribution >= 4 is 23.5 Å². The maximum atomic E-state index is 12.8. The third-order valence-corrected chi connectivity index (χ3v) is 4.37. The summed E-state index contributed by atoms with van der Waals surface area (Å²) in [5.74, 6) is -1.11. The van der Waals surface area contributed by atoms with Crippen LogP contribution < -0.4 is 5.32 Å². The summed E-state index contributed by atoms with van der Waals surface area (Å²) < 4.78 is 4.93. The molecular formula is C22H26N2O4. The van der Waals surface area contributed by atoms with Gasteiger partial charge >= 0.3 is 5.97 Å². The van der Waals surface area contributed by atoms with Crippen LogP contribution in [0.3, 0.4) is 0 Å². The lowest BCUT2D eigenvalue weighted by molar-refractivity contribution is -0.145. The molecule has 0 aliphatic heterocycles. The zero-order valence-corrected chi connectivity index (χ0v) is 16.7. The summed E-state index contributed by atoms with van der Waals surface area (Å²) in [6.07, 6.45) is 0. The van der Waals surface area contributed by atoms with E-state index in [4.69, 9.17) is 4.74 Å². The molecule has 1 N–H and O–H groups in total. The van der Waals surface area contributed by atoms with Crippen molar-refractivity contribution in [1.29, 1.82) is 0 Å². The number of carbonyl (C=O) groups excluding carboxylic acids is 3. The molecule has 0 aromatic heterocycles. The highest BCUT2D eigenvalue weighted by atomic mass is 16.5. The van der Waals surface area contributed by atoms with Crippen LogP contribution in [-0.4, -0.2) is 36.3 Å². The Balaban J connectivity index is 2.03. The van der Waals surface area contributed by atoms with E-state index in [0.717, 1.165) is 5.56 Å². The van der Waals surface area contributed by atoms with E-state index in [0.29, 0.717) is 24.4 Å². The molecule has 0 bridgehead atoms. The molecular weight excluding hydrogens is 356 g/mol. The SMILES string of the molecule is CCOC(=O)c1ccc(NC(=O)C(C)(C)C(=O)N(C)Cc2ccccc2)cc1. The summed E-state index contributed by atoms with van der Waals surface area (Å²) in [5.41, 5.74) is 0.648. The summed E-state index contributed by atoms with van der Waals surface area (Å²) in [7, 11) is 1.68. The quantitative estimate of drug-likeness (QED) is 0.588. The highest BCUT2D eigenvalue weighted by molar-refractivity contribution is 6.09. The fraction of sp³-hybridized carbons (Fsp3) is 0.318. The van der Waals surface area contributed by atoms with Crippen LogP contribution in [0.4, 0.5) is 5.69 Å². The third-order valence-electron chi connectivity index (χ3n) is 4.37. The first-order valence-corrected chi connectivity index (χ1v) is 9.13. The summed E-state index contributed by atoms with van der Waals surface area (Å²) in [5, 5.41) is 2.74. The van der Waals surface area contributed by atoms with E-state index < -0.39 is 17.3 Å². The molecule has 28 heavy (non-hydrogen) atoms. The Kier molecular flexibility index (Phi) is 6.93. The van der Waals surface area contributed by atoms with Gasteiger partial charge in [0.05, 0.1) is 12.2 Å². The second-order valence-electron chi connectivity index (χ2n) is 7.02. The van der Waals surface area contributed by atoms with E-state index in [-0.39, 0.29) is 5.91 Å². The van der Waals surface area contributed by atoms with Gasteiger partial charge in [0, 0.05) is 19.3 Å². The zero-order valence-electron chi connectivity index (χ0n) is 16.7. The maximum absolute atomic E-state index is 12.8. The van der Waals surface area contributed by atoms with Crippen LogP contribution >= 0.6 is 0 Å². The first-order chi connectivity index (χ1) is 13.3. The van der Waals surface area contributed by atoms with Gasteiger partial charge in [-0.05, 0) is 50.6 Å². The predicted octanol–water partition coefficient (Wildman–Crippen LogP) is 3.49. The average Bonchev–Trinajstić information content (AvgIpc) is 2.68. The third kappa shape index (κ3) is 5.19. The first kappa shape index (κ1) is 21.2. The molecule has 0 radical (unpaired) electrons. The number of benzene rings is 2. The molecule has 2 rings (SSSR count). The summed E-state index contributed by atoms with van der Waals surface area (Å²) in [4.78, 5) is 38.8. The van der Waals surface area contributed by atoms with Crippen LogP contribution in [0.25, 0.3) is 0 Å². The van der Waals surface area contributed by atoms with Gasteiger partial charge in [0.25, 0.3) is 0 Å². The van der Waals surface area contributed by atoms with Crippen molar-refractivity contribution in [1.82, 2.24) is 4.90 Å². The van der Waals surface area contributed by atoms with E-state index in [2.05, 4.69) is 5.32 Å². The Morgan fingerprint density at radius 3 is 2.18 bits per heavy atom. The largest absolute Gasteiger partial charge is 0.462 e. The molecule has 6 nitrogen and oxygen atoms in total. The van der Waals surface area contributed by atoms with Crippen LogP contribution in [0.15, 0.2) is 54.6 Å². The Morgan fingerprint density at radius 2 is 1.61 bits per heavy atom. The minimum atomic E-state index is -1.25. The molecule has 0 aliphatic carbocycles. The summed E-state index contributed by atoms with van der Waals surface area (Å²) in [6, 6.07) is 16.0. The van der Waals surface area contributed by atoms with Crippen molar-refractivity contribution in [2.24, 2.45) is 5.41 Å². The standard InChI is InChI=1S/C22H26N2O4/c1-5-28-19(25)17-11-13-18(14-12-17)23-20(26)22(2,3)21(27)24(4)15-16-9-7-6-8-10-16/h6-14H,5,15H2,1-4H3,(H,23,26). The van der Waals surface area contributed by atoms with Crippen molar-refractivity contribution in [2.45, 2.75) is 27.3 Å². The van der Waals surface area contributed by atoms with Crippen molar-refractivity contribution in [3.63, 3.8) is 0 Å². The average molecular weight is 382 g/mol. The molecule has 0 fully saturated rings. The molecule has 0 atom stereocenters. The number of hydrogen-bond acceptors (Lipinski definition) is 4. The number of rotatable bonds is 7. The van der Waals surface area contributed by atoms with Gasteiger partial charge in [-0.1, -0.05) is 30.3 Å². The van der Waals surface area contributed by atoms with Crippen molar-refractivity contribution < 1.29 is 19.1 Å². The van der Waals surface area contributed by atoms with Gasteiger partial charge in [-0.2, -0.15) is 0 Å². The maximum Gasteiger partial charge on any atom is 0.338 e. The lowest BCUT2D eigenvalue weighted by Gasteiger charge is -2.28. The molecule has 2 amide bonds. The summed E-state index contributed by atoms with van der Waals surface area (Å²) in [6.45, 7) is 5.65. The van der Waals surface area contributed by atoms with Crippen LogP contribution in [0, 0.1) is 5.41 Å². The normalized spacial score (nSPS) is 10.9. The number of hydrogen-bond donors (Lipinski definition) is 1. The highest BCUT2D eigenvalue weighted by Gasteiger charge is 2.38. The molecule has 0 unspecified atom stereocenters. The number of esters is 1. The number of nitrogens with one attached hydrogen (secondary N) is 1. The van der Waals surface area contributed by atoms with Gasteiger partial charge in [0.1, 0.15) is 5.41 Å². The number of nitrogens with zero attached hydrogens (tertiary/aromatic N) is 1. The molecule has 0 saturated heterocycles. The Labute approximate surface area is 165 Å². The minimum absolute atomic E-state index is 0.281. The summed E-state index contributed by atoms with van der Waals surface area (Å²) >= 11 is 0. The monoisotopic (exact) mass is 382 g/mol. The number of carbonyl (C=O) groups is 3. The Bertz CT molecular complexity index is 829. The van der Waals surface area contributed by atoms with E-state index in [1.165, 1.54) is 0 Å². The smallest absolute Gasteiger partial charge is 0.338 e. The van der Waals surface area contributed by atoms with Crippen LogP contribution in [-0.2, 0) is 20.9 Å². The van der Waals surface area contributed by atoms with Crippen LogP contribution in [0.1, 0.15) is 36.7 Å². The second-order valence-corrected chi connectivity index (χ2v) is 7.02. The fourth-order valence-corrected chi connectivity index (χ4v) is 2.69. The molecule has 0 saturated carbocycles. The highest BCUT2D eigenvalue weighted by Crippen LogP contribution is 2.23. The van der Waals surface area contributed by atoms with Crippen molar-refractivity contribution in [2.75, 3.05) is 19.0 Å². The molecule has 2 aromatic rings. The van der Waals surface area contributed by atoms with Crippen molar-refractivity contribution in [3.8, 4) is 0 Å². The predicted molar refractivity (Wildman–Crippen MR) is 108 cm³/mol. The van der Waals surface area contributed by atoms with E-state index in [1.807, 2.05) is 30.3 Å². The molecule has 0 heterocycles. The fourth-order valence-electron chi connectivity index (χ4n) is 2.69. The minimum Gasteiger partial charge on any atom is -0.462 e. The number of anilines is 1. The van der Waals surface area contributed by atoms with Gasteiger partial charge in [-0.15, -0.1) is 0 Å². The molecule has 6 heteroatoms. The number of ether oxygens (including phenoxy) is 1. The Hall–Kier alpha value is -3.15. The van der Waals surface area contributed by atoms with E-state index in [9.17, 15) is 14.4 Å². The lowest BCUT2D eigenvalue weighted by Crippen LogP contribution is -2.45. The molecule has 0 aliphatic rings. The number of amides is 2. The van der Waals surface area contributed by atoms with E-state index in [1.54, 1.807) is 57.0 Å². The topological polar surface area (TPSA) is 75.7 Å². The van der Waals surface area contributed by atoms with Gasteiger partial charge in [0.2, 0.25) is 11.8 Å². The molecule has 148 valence electrons. The molecule has 0 spiro atoms. The van der Waals surface area contributed by atoms with Gasteiger partial charge in [-0.3, -0.25) is 9.59 Å². The van der Waals surface area contributed by atoms with Gasteiger partial charge in [-0.25, -0.2) is 4.79 Å². The van der Waals surface area contributed by atoms with Gasteiger partial charge in [0.15, 0.2) is 0 Å². The first-order valence-electron chi connectivity index (χ1n) is 9.13. The lowest BCUT2D eigenvalue weighted by atomic mass is 9.90. The molecule has 2 aromatic carbocycles. The van der Waals surface area contributed by atoms with Gasteiger partial charge < -0.3 is 15.0 Å². The van der Waals surface area contributed by atoms with Crippen molar-refractivity contribution in [3.05, 3.63) is 65.7 Å². The second kappa shape index (κ2) is 9.17. The van der Waals surface area contributed by atoms with E-state index >= 15 is 0 Å².